The normalized spacial score (nSPS) is 17.9. The number of nitrogens with zero attached hydrogens (tertiary/aromatic N) is 1. The summed E-state index contributed by atoms with van der Waals surface area (Å²) in [6.45, 7) is 3.63. The molecule has 1 aromatic rings. The van der Waals surface area contributed by atoms with Crippen LogP contribution < -0.4 is 16.0 Å². The van der Waals surface area contributed by atoms with Crippen molar-refractivity contribution < 1.29 is 14.3 Å². The van der Waals surface area contributed by atoms with Crippen LogP contribution in [0.15, 0.2) is 24.3 Å². The lowest BCUT2D eigenvalue weighted by molar-refractivity contribution is -0.126. The summed E-state index contributed by atoms with van der Waals surface area (Å²) < 4.78 is 5.65. The fourth-order valence-electron chi connectivity index (χ4n) is 2.65. The molecule has 1 atom stereocenters. The van der Waals surface area contributed by atoms with Crippen molar-refractivity contribution in [1.29, 1.82) is 0 Å². The maximum absolute atomic E-state index is 12.7. The number of carbonyl (C=O) groups excluding carboxylic acids is 2. The highest BCUT2D eigenvalue weighted by molar-refractivity contribution is 5.97. The molecule has 1 heterocycles. The smallest absolute Gasteiger partial charge is 0.257 e. The second-order valence-corrected chi connectivity index (χ2v) is 5.44. The van der Waals surface area contributed by atoms with Crippen molar-refractivity contribution in [2.75, 3.05) is 19.7 Å². The molecule has 1 aromatic carbocycles. The third-order valence-corrected chi connectivity index (χ3v) is 3.80. The van der Waals surface area contributed by atoms with Gasteiger partial charge in [-0.2, -0.15) is 0 Å². The highest BCUT2D eigenvalue weighted by Crippen LogP contribution is 2.24. The number of amides is 2. The molecular weight excluding hydrogens is 282 g/mol. The van der Waals surface area contributed by atoms with Gasteiger partial charge in [-0.15, -0.1) is 0 Å². The Morgan fingerprint density at radius 3 is 2.91 bits per heavy atom. The molecule has 0 aromatic heterocycles. The number of para-hydroxylation sites is 1. The summed E-state index contributed by atoms with van der Waals surface area (Å²) in [5.41, 5.74) is 2.72. The van der Waals surface area contributed by atoms with E-state index in [4.69, 9.17) is 10.6 Å². The first-order valence-electron chi connectivity index (χ1n) is 7.69. The van der Waals surface area contributed by atoms with Gasteiger partial charge in [-0.25, -0.2) is 5.84 Å². The van der Waals surface area contributed by atoms with Crippen LogP contribution in [0.2, 0.25) is 0 Å². The molecule has 6 heteroatoms. The van der Waals surface area contributed by atoms with E-state index in [-0.39, 0.29) is 17.7 Å². The number of ether oxygens (including phenoxy) is 1. The number of carbonyl (C=O) groups is 2. The zero-order valence-corrected chi connectivity index (χ0v) is 12.9. The van der Waals surface area contributed by atoms with E-state index in [1.807, 2.05) is 19.1 Å². The maximum atomic E-state index is 12.7. The molecule has 1 aliphatic heterocycles. The third kappa shape index (κ3) is 3.76. The van der Waals surface area contributed by atoms with Crippen molar-refractivity contribution in [3.63, 3.8) is 0 Å². The topological polar surface area (TPSA) is 84.7 Å². The SMILES string of the molecule is CCCOc1ccccc1C(=O)N1CCCC(C(=O)NN)C1. The molecule has 0 saturated carbocycles. The molecule has 0 spiro atoms. The van der Waals surface area contributed by atoms with Crippen LogP contribution in [0.4, 0.5) is 0 Å². The van der Waals surface area contributed by atoms with Gasteiger partial charge in [-0.05, 0) is 31.4 Å². The molecular formula is C16H23N3O3. The van der Waals surface area contributed by atoms with Crippen molar-refractivity contribution in [2.24, 2.45) is 11.8 Å². The second-order valence-electron chi connectivity index (χ2n) is 5.44. The first-order valence-corrected chi connectivity index (χ1v) is 7.69. The molecule has 2 amide bonds. The maximum Gasteiger partial charge on any atom is 0.257 e. The predicted octanol–water partition coefficient (Wildman–Crippen LogP) is 1.32. The Kier molecular flexibility index (Phi) is 5.77. The molecule has 3 N–H and O–H groups in total. The fourth-order valence-corrected chi connectivity index (χ4v) is 2.65. The minimum absolute atomic E-state index is 0.0961. The van der Waals surface area contributed by atoms with Gasteiger partial charge in [-0.3, -0.25) is 15.0 Å². The Labute approximate surface area is 130 Å². The number of hydrogen-bond donors (Lipinski definition) is 2. The molecule has 0 aliphatic carbocycles. The first-order chi connectivity index (χ1) is 10.7. The summed E-state index contributed by atoms with van der Waals surface area (Å²) in [6.07, 6.45) is 2.42. The summed E-state index contributed by atoms with van der Waals surface area (Å²) in [7, 11) is 0. The highest BCUT2D eigenvalue weighted by Gasteiger charge is 2.29. The number of nitrogens with two attached hydrogens (primary N) is 1. The zero-order valence-electron chi connectivity index (χ0n) is 12.9. The number of benzene rings is 1. The van der Waals surface area contributed by atoms with E-state index in [1.165, 1.54) is 0 Å². The Morgan fingerprint density at radius 2 is 2.18 bits per heavy atom. The number of piperidine rings is 1. The molecule has 0 bridgehead atoms. The van der Waals surface area contributed by atoms with Gasteiger partial charge in [0, 0.05) is 13.1 Å². The number of nitrogens with one attached hydrogen (secondary N) is 1. The van der Waals surface area contributed by atoms with Crippen LogP contribution in [0.1, 0.15) is 36.5 Å². The van der Waals surface area contributed by atoms with E-state index >= 15 is 0 Å². The van der Waals surface area contributed by atoms with Crippen LogP contribution in [0.5, 0.6) is 5.75 Å². The van der Waals surface area contributed by atoms with Gasteiger partial charge in [0.2, 0.25) is 5.91 Å². The van der Waals surface area contributed by atoms with E-state index in [1.54, 1.807) is 17.0 Å². The minimum Gasteiger partial charge on any atom is -0.493 e. The molecule has 2 rings (SSSR count). The first kappa shape index (κ1) is 16.3. The summed E-state index contributed by atoms with van der Waals surface area (Å²) in [5.74, 6) is 5.23. The van der Waals surface area contributed by atoms with Crippen molar-refractivity contribution in [3.05, 3.63) is 29.8 Å². The Balaban J connectivity index is 2.12. The molecule has 6 nitrogen and oxygen atoms in total. The van der Waals surface area contributed by atoms with Crippen LogP contribution in [0.3, 0.4) is 0 Å². The van der Waals surface area contributed by atoms with Gasteiger partial charge in [0.1, 0.15) is 5.75 Å². The van der Waals surface area contributed by atoms with Crippen LogP contribution in [0.25, 0.3) is 0 Å². The Hall–Kier alpha value is -2.08. The number of rotatable bonds is 5. The zero-order chi connectivity index (χ0) is 15.9. The van der Waals surface area contributed by atoms with E-state index in [0.717, 1.165) is 19.3 Å². The molecule has 120 valence electrons. The minimum atomic E-state index is -0.244. The molecule has 1 saturated heterocycles. The van der Waals surface area contributed by atoms with E-state index < -0.39 is 0 Å². The quantitative estimate of drug-likeness (QED) is 0.488. The Morgan fingerprint density at radius 1 is 1.41 bits per heavy atom. The molecule has 1 unspecified atom stereocenters. The largest absolute Gasteiger partial charge is 0.493 e. The summed E-state index contributed by atoms with van der Waals surface area (Å²) in [6, 6.07) is 7.24. The lowest BCUT2D eigenvalue weighted by Gasteiger charge is -2.32. The van der Waals surface area contributed by atoms with Gasteiger partial charge in [0.05, 0.1) is 18.1 Å². The summed E-state index contributed by atoms with van der Waals surface area (Å²) >= 11 is 0. The van der Waals surface area contributed by atoms with Crippen molar-refractivity contribution >= 4 is 11.8 Å². The van der Waals surface area contributed by atoms with Crippen LogP contribution >= 0.6 is 0 Å². The van der Waals surface area contributed by atoms with Gasteiger partial charge >= 0.3 is 0 Å². The van der Waals surface area contributed by atoms with Gasteiger partial charge < -0.3 is 9.64 Å². The number of likely N-dealkylation sites (tertiary alicyclic amines) is 1. The molecule has 1 aliphatic rings. The van der Waals surface area contributed by atoms with Crippen LogP contribution in [0, 0.1) is 5.92 Å². The average molecular weight is 305 g/mol. The highest BCUT2D eigenvalue weighted by atomic mass is 16.5. The van der Waals surface area contributed by atoms with Crippen molar-refractivity contribution in [2.45, 2.75) is 26.2 Å². The summed E-state index contributed by atoms with van der Waals surface area (Å²) in [4.78, 5) is 26.1. The van der Waals surface area contributed by atoms with Crippen molar-refractivity contribution in [3.8, 4) is 5.75 Å². The van der Waals surface area contributed by atoms with Crippen molar-refractivity contribution in [1.82, 2.24) is 10.3 Å². The van der Waals surface area contributed by atoms with Crippen LogP contribution in [-0.2, 0) is 4.79 Å². The van der Waals surface area contributed by atoms with E-state index in [0.29, 0.717) is 31.0 Å². The average Bonchev–Trinajstić information content (AvgIpc) is 2.59. The predicted molar refractivity (Wildman–Crippen MR) is 83.2 cm³/mol. The monoisotopic (exact) mass is 305 g/mol. The van der Waals surface area contributed by atoms with Crippen LogP contribution in [-0.4, -0.2) is 36.4 Å². The summed E-state index contributed by atoms with van der Waals surface area (Å²) in [5, 5.41) is 0. The van der Waals surface area contributed by atoms with Gasteiger partial charge in [0.25, 0.3) is 5.91 Å². The van der Waals surface area contributed by atoms with Gasteiger partial charge in [-0.1, -0.05) is 19.1 Å². The third-order valence-electron chi connectivity index (χ3n) is 3.80. The number of hydrazine groups is 1. The van der Waals surface area contributed by atoms with Gasteiger partial charge in [0.15, 0.2) is 0 Å². The lowest BCUT2D eigenvalue weighted by atomic mass is 9.96. The lowest BCUT2D eigenvalue weighted by Crippen LogP contribution is -2.47. The second kappa shape index (κ2) is 7.79. The standard InChI is InChI=1S/C16H23N3O3/c1-2-10-22-14-8-4-3-7-13(14)16(21)19-9-5-6-12(11-19)15(20)18-17/h3-4,7-8,12H,2,5-6,9-11,17H2,1H3,(H,18,20). The number of hydrogen-bond acceptors (Lipinski definition) is 4. The molecule has 1 fully saturated rings. The molecule has 22 heavy (non-hydrogen) atoms. The Bertz CT molecular complexity index is 533. The van der Waals surface area contributed by atoms with E-state index in [9.17, 15) is 9.59 Å². The fraction of sp³-hybridized carbons (Fsp3) is 0.500. The van der Waals surface area contributed by atoms with E-state index in [2.05, 4.69) is 5.43 Å². The molecule has 0 radical (unpaired) electrons.